The second-order valence-corrected chi connectivity index (χ2v) is 16.6. The van der Waals surface area contributed by atoms with Gasteiger partial charge in [-0.25, -0.2) is 4.98 Å². The van der Waals surface area contributed by atoms with Gasteiger partial charge in [-0.1, -0.05) is 140 Å². The first-order valence-electron chi connectivity index (χ1n) is 22.1. The molecule has 5 aromatic heterocycles. The summed E-state index contributed by atoms with van der Waals surface area (Å²) in [6.45, 7) is 2.04. The van der Waals surface area contributed by atoms with Gasteiger partial charge in [0.15, 0.2) is 0 Å². The van der Waals surface area contributed by atoms with Gasteiger partial charge < -0.3 is 9.13 Å². The lowest BCUT2D eigenvalue weighted by Crippen LogP contribution is -2.07. The number of benzene rings is 8. The minimum atomic E-state index is 0.607. The average molecular weight is 833 g/mol. The predicted molar refractivity (Wildman–Crippen MR) is 271 cm³/mol. The number of fused-ring (bicyclic) bond motifs is 10. The van der Waals surface area contributed by atoms with Gasteiger partial charge in [-0.3, -0.25) is 9.13 Å². The van der Waals surface area contributed by atoms with Crippen LogP contribution in [0.1, 0.15) is 12.6 Å². The van der Waals surface area contributed by atoms with Crippen LogP contribution in [0.2, 0.25) is 0 Å². The Morgan fingerprint density at radius 3 is 1.48 bits per heavy atom. The zero-order chi connectivity index (χ0) is 43.0. The summed E-state index contributed by atoms with van der Waals surface area (Å²) in [5.41, 5.74) is 12.9. The van der Waals surface area contributed by atoms with Crippen molar-refractivity contribution in [3.8, 4) is 34.4 Å². The highest BCUT2D eigenvalue weighted by Gasteiger charge is 2.23. The van der Waals surface area contributed by atoms with Gasteiger partial charge in [0.2, 0.25) is 5.95 Å². The van der Waals surface area contributed by atoms with Crippen molar-refractivity contribution in [2.24, 2.45) is 0 Å². The Bertz CT molecular complexity index is 4050. The van der Waals surface area contributed by atoms with E-state index in [0.717, 1.165) is 88.7 Å². The number of nitrogens with zero attached hydrogens (tertiary/aromatic N) is 6. The number of hydrogen-bond donors (Lipinski definition) is 0. The van der Waals surface area contributed by atoms with Crippen LogP contribution in [0.25, 0.3) is 117 Å². The van der Waals surface area contributed by atoms with Crippen LogP contribution >= 0.6 is 0 Å². The molecule has 0 unspecified atom stereocenters. The van der Waals surface area contributed by atoms with Crippen LogP contribution < -0.4 is 0 Å². The molecule has 8 aromatic carbocycles. The van der Waals surface area contributed by atoms with Crippen molar-refractivity contribution in [3.05, 3.63) is 224 Å². The van der Waals surface area contributed by atoms with E-state index in [9.17, 15) is 0 Å². The van der Waals surface area contributed by atoms with Crippen molar-refractivity contribution in [2.45, 2.75) is 6.92 Å². The maximum atomic E-state index is 5.63. The van der Waals surface area contributed by atoms with Gasteiger partial charge in [0.1, 0.15) is 5.82 Å². The monoisotopic (exact) mass is 832 g/mol. The maximum absolute atomic E-state index is 5.63. The molecule has 0 radical (unpaired) electrons. The van der Waals surface area contributed by atoms with E-state index in [0.29, 0.717) is 5.95 Å². The Morgan fingerprint density at radius 2 is 0.862 bits per heavy atom. The molecule has 5 heterocycles. The van der Waals surface area contributed by atoms with Gasteiger partial charge in [-0.15, -0.1) is 0 Å². The third-order valence-electron chi connectivity index (χ3n) is 12.9. The molecule has 6 nitrogen and oxygen atoms in total. The molecule has 0 N–H and O–H groups in total. The number of hydrogen-bond acceptors (Lipinski definition) is 2. The van der Waals surface area contributed by atoms with Crippen molar-refractivity contribution in [2.75, 3.05) is 0 Å². The largest absolute Gasteiger partial charge is 0.310 e. The number of allylic oxidation sites excluding steroid dienone is 3. The predicted octanol–water partition coefficient (Wildman–Crippen LogP) is 15.0. The van der Waals surface area contributed by atoms with Gasteiger partial charge >= 0.3 is 0 Å². The van der Waals surface area contributed by atoms with E-state index in [1.807, 2.05) is 6.92 Å². The van der Waals surface area contributed by atoms with Crippen LogP contribution in [0.15, 0.2) is 218 Å². The molecule has 0 aliphatic carbocycles. The second kappa shape index (κ2) is 14.7. The smallest absolute Gasteiger partial charge is 0.237 e. The molecule has 6 heteroatoms. The Kier molecular flexibility index (Phi) is 8.33. The standard InChI is InChI=1S/C59H40N6/c1-2-3-7-26-43-33-40-34-55-47(35-54(40)62(43)41-22-10-5-11-23-41)46-29-16-19-32-53(46)65(55)59-60-50(39-20-8-4-9-21-39)38-58(61-59)64-52-31-18-15-28-45(52)49-36-56-48(37-57(49)64)44-27-14-17-30-51(44)63(56)42-24-12-6-13-25-42/h2-38H,1H3/b3-2-,26-7-. The molecule has 0 saturated carbocycles. The highest BCUT2D eigenvalue weighted by Crippen LogP contribution is 2.41. The van der Waals surface area contributed by atoms with Crippen molar-refractivity contribution in [1.29, 1.82) is 0 Å². The summed E-state index contributed by atoms with van der Waals surface area (Å²) in [7, 11) is 0. The number of rotatable bonds is 7. The van der Waals surface area contributed by atoms with E-state index in [1.165, 1.54) is 21.8 Å². The lowest BCUT2D eigenvalue weighted by atomic mass is 10.1. The summed E-state index contributed by atoms with van der Waals surface area (Å²) in [5, 5.41) is 8.13. The normalized spacial score (nSPS) is 12.3. The van der Waals surface area contributed by atoms with E-state index in [1.54, 1.807) is 0 Å². The summed E-state index contributed by atoms with van der Waals surface area (Å²) in [6, 6.07) is 71.7. The van der Waals surface area contributed by atoms with Crippen LogP contribution in [0.5, 0.6) is 0 Å². The van der Waals surface area contributed by atoms with Crippen molar-refractivity contribution in [3.63, 3.8) is 0 Å². The fourth-order valence-corrected chi connectivity index (χ4v) is 10.1. The molecule has 65 heavy (non-hydrogen) atoms. The van der Waals surface area contributed by atoms with Crippen molar-refractivity contribution in [1.82, 2.24) is 28.2 Å². The second-order valence-electron chi connectivity index (χ2n) is 16.6. The lowest BCUT2D eigenvalue weighted by Gasteiger charge is -2.14. The zero-order valence-electron chi connectivity index (χ0n) is 35.5. The van der Waals surface area contributed by atoms with Gasteiger partial charge in [0, 0.05) is 66.4 Å². The Labute approximate surface area is 374 Å². The molecule has 0 bridgehead atoms. The zero-order valence-corrected chi connectivity index (χ0v) is 35.5. The highest BCUT2D eigenvalue weighted by molar-refractivity contribution is 6.19. The van der Waals surface area contributed by atoms with E-state index >= 15 is 0 Å². The molecular formula is C59H40N6. The Hall–Kier alpha value is -8.74. The first kappa shape index (κ1) is 36.9. The first-order valence-corrected chi connectivity index (χ1v) is 22.1. The molecular weight excluding hydrogens is 793 g/mol. The summed E-state index contributed by atoms with van der Waals surface area (Å²) < 4.78 is 9.34. The lowest BCUT2D eigenvalue weighted by molar-refractivity contribution is 0.952. The van der Waals surface area contributed by atoms with Crippen LogP contribution in [0, 0.1) is 0 Å². The summed E-state index contributed by atoms with van der Waals surface area (Å²) >= 11 is 0. The van der Waals surface area contributed by atoms with E-state index in [4.69, 9.17) is 9.97 Å². The minimum absolute atomic E-state index is 0.607. The molecule has 13 rings (SSSR count). The fourth-order valence-electron chi connectivity index (χ4n) is 10.1. The quantitative estimate of drug-likeness (QED) is 0.150. The SMILES string of the molecule is C/C=C\C=C/c1cc2cc3c(cc2n1-c1ccccc1)c1ccccc1n3-c1nc(-c2ccccc2)cc(-n2c3ccccc3c3cc4c(cc32)c2ccccc2n4-c2ccccc2)n1. The topological polar surface area (TPSA) is 45.5 Å². The molecule has 0 amide bonds. The molecule has 0 aliphatic rings. The first-order chi connectivity index (χ1) is 32.2. The average Bonchev–Trinajstić information content (AvgIpc) is 4.09. The van der Waals surface area contributed by atoms with Crippen LogP contribution in [-0.4, -0.2) is 28.2 Å². The molecule has 0 fully saturated rings. The highest BCUT2D eigenvalue weighted by atomic mass is 15.2. The number of para-hydroxylation sites is 5. The molecule has 306 valence electrons. The number of aromatic nitrogens is 6. The maximum Gasteiger partial charge on any atom is 0.237 e. The van der Waals surface area contributed by atoms with Gasteiger partial charge in [-0.2, -0.15) is 4.98 Å². The van der Waals surface area contributed by atoms with Gasteiger partial charge in [-0.05, 0) is 85.8 Å². The molecule has 0 saturated heterocycles. The van der Waals surface area contributed by atoms with Crippen LogP contribution in [0.3, 0.4) is 0 Å². The van der Waals surface area contributed by atoms with Crippen molar-refractivity contribution < 1.29 is 0 Å². The third-order valence-corrected chi connectivity index (χ3v) is 12.9. The fraction of sp³-hybridized carbons (Fsp3) is 0.0169. The Morgan fingerprint density at radius 1 is 0.369 bits per heavy atom. The van der Waals surface area contributed by atoms with Crippen LogP contribution in [-0.2, 0) is 0 Å². The van der Waals surface area contributed by atoms with Crippen LogP contribution in [0.4, 0.5) is 0 Å². The molecule has 0 atom stereocenters. The van der Waals surface area contributed by atoms with E-state index in [2.05, 4.69) is 243 Å². The minimum Gasteiger partial charge on any atom is -0.310 e. The van der Waals surface area contributed by atoms with Gasteiger partial charge in [0.05, 0.1) is 44.3 Å². The van der Waals surface area contributed by atoms with Gasteiger partial charge in [0.25, 0.3) is 0 Å². The molecule has 0 aliphatic heterocycles. The summed E-state index contributed by atoms with van der Waals surface area (Å²) in [5.74, 6) is 1.40. The van der Waals surface area contributed by atoms with E-state index < -0.39 is 0 Å². The Balaban J connectivity index is 1.11. The summed E-state index contributed by atoms with van der Waals surface area (Å²) in [6.07, 6.45) is 8.41. The third kappa shape index (κ3) is 5.74. The molecule has 13 aromatic rings. The van der Waals surface area contributed by atoms with Crippen molar-refractivity contribution >= 4 is 82.4 Å². The molecule has 0 spiro atoms. The van der Waals surface area contributed by atoms with E-state index in [-0.39, 0.29) is 0 Å². The summed E-state index contributed by atoms with van der Waals surface area (Å²) in [4.78, 5) is 11.1.